The maximum Gasteiger partial charge on any atom is 1.00 e. The third-order valence-electron chi connectivity index (χ3n) is 1.34. The molecule has 1 aromatic heterocycles. The van der Waals surface area contributed by atoms with Crippen molar-refractivity contribution in [1.29, 1.82) is 0 Å². The minimum Gasteiger partial charge on any atom is -0.545 e. The normalized spacial score (nSPS) is 8.00. The fourth-order valence-corrected chi connectivity index (χ4v) is 0.795. The van der Waals surface area contributed by atoms with E-state index in [1.807, 2.05) is 0 Å². The molecule has 0 atom stereocenters. The van der Waals surface area contributed by atoms with Crippen molar-refractivity contribution in [2.24, 2.45) is 0 Å². The molecule has 0 spiro atoms. The molecule has 0 aliphatic carbocycles. The van der Waals surface area contributed by atoms with Crippen LogP contribution >= 0.6 is 0 Å². The molecule has 0 aliphatic rings. The van der Waals surface area contributed by atoms with Gasteiger partial charge in [0, 0.05) is 5.56 Å². The first-order valence-electron chi connectivity index (χ1n) is 3.21. The molecule has 17 heavy (non-hydrogen) atoms. The van der Waals surface area contributed by atoms with Gasteiger partial charge in [-0.3, -0.25) is 0 Å². The van der Waals surface area contributed by atoms with Crippen molar-refractivity contribution in [2.45, 2.75) is 0 Å². The van der Waals surface area contributed by atoms with Crippen LogP contribution in [0.25, 0.3) is 0 Å². The molecule has 0 fully saturated rings. The Morgan fingerprint density at radius 1 is 0.882 bits per heavy atom. The summed E-state index contributed by atoms with van der Waals surface area (Å²) in [5.74, 6) is -7.68. The van der Waals surface area contributed by atoms with Crippen LogP contribution in [0.5, 0.6) is 0 Å². The van der Waals surface area contributed by atoms with E-state index >= 15 is 0 Å². The van der Waals surface area contributed by atoms with Gasteiger partial charge >= 0.3 is 56.6 Å². The van der Waals surface area contributed by atoms with Crippen molar-refractivity contribution in [3.63, 3.8) is 0 Å². The molecule has 10 heteroatoms. The van der Waals surface area contributed by atoms with Gasteiger partial charge < -0.3 is 34.1 Å². The molecular weight excluding hydrogens is 217 g/mol. The average Bonchev–Trinajstić information content (AvgIpc) is 2.47. The van der Waals surface area contributed by atoms with Gasteiger partial charge in [0.25, 0.3) is 0 Å². The van der Waals surface area contributed by atoms with Crippen LogP contribution in [-0.2, 0) is 0 Å². The third-order valence-corrected chi connectivity index (χ3v) is 1.34. The summed E-state index contributed by atoms with van der Waals surface area (Å²) in [6.07, 6.45) is 0. The summed E-state index contributed by atoms with van der Waals surface area (Å²) in [4.78, 5) is 30.7. The van der Waals surface area contributed by atoms with Gasteiger partial charge in [-0.1, -0.05) is 0 Å². The van der Waals surface area contributed by atoms with Gasteiger partial charge in [0.1, 0.15) is 11.9 Å². The van der Waals surface area contributed by atoms with Crippen LogP contribution in [0.4, 0.5) is 0 Å². The Morgan fingerprint density at radius 3 is 1.59 bits per heavy atom. The van der Waals surface area contributed by atoms with Gasteiger partial charge in [-0.2, -0.15) is 0 Å². The number of carbonyl (C=O) groups is 3. The van der Waals surface area contributed by atoms with Crippen LogP contribution in [0.1, 0.15) is 31.5 Å². The third kappa shape index (κ3) is 5.10. The Balaban J connectivity index is -0.000000653. The summed E-state index contributed by atoms with van der Waals surface area (Å²) < 4.78 is 4.15. The van der Waals surface area contributed by atoms with E-state index in [9.17, 15) is 29.7 Å². The number of rotatable bonds is 3. The van der Waals surface area contributed by atoms with Crippen molar-refractivity contribution in [2.75, 3.05) is 0 Å². The molecule has 1 heterocycles. The summed E-state index contributed by atoms with van der Waals surface area (Å²) in [6, 6.07) is 0.482. The van der Waals surface area contributed by atoms with E-state index in [0.29, 0.717) is 6.07 Å². The second-order valence-corrected chi connectivity index (χ2v) is 2.22. The second-order valence-electron chi connectivity index (χ2n) is 2.22. The predicted molar refractivity (Wildman–Crippen MR) is 31.7 cm³/mol. The van der Waals surface area contributed by atoms with Gasteiger partial charge in [0.05, 0.1) is 5.97 Å². The zero-order valence-electron chi connectivity index (χ0n) is 9.44. The van der Waals surface area contributed by atoms with Gasteiger partial charge in [0.15, 0.2) is 11.5 Å². The summed E-state index contributed by atoms with van der Waals surface area (Å²) >= 11 is 0. The molecule has 0 saturated carbocycles. The fourth-order valence-electron chi connectivity index (χ4n) is 0.795. The first-order chi connectivity index (χ1) is 6.43. The number of carbonyl (C=O) groups excluding carboxylic acids is 3. The first kappa shape index (κ1) is 21.7. The van der Waals surface area contributed by atoms with Crippen LogP contribution in [0.3, 0.4) is 0 Å². The monoisotopic (exact) mass is 218 g/mol. The van der Waals surface area contributed by atoms with Gasteiger partial charge in [-0.05, 0) is 6.07 Å². The maximum absolute atomic E-state index is 10.3. The number of aromatic carboxylic acids is 3. The molecule has 0 aliphatic heterocycles. The summed E-state index contributed by atoms with van der Waals surface area (Å²) in [7, 11) is 0. The molecule has 0 bridgehead atoms. The molecule has 7 nitrogen and oxygen atoms in total. The van der Waals surface area contributed by atoms with E-state index < -0.39 is 35.0 Å². The minimum atomic E-state index is -1.95. The van der Waals surface area contributed by atoms with Gasteiger partial charge in [-0.25, -0.2) is 0 Å². The fraction of sp³-hybridized carbons (Fsp3) is 0. The Kier molecular flexibility index (Phi) is 10.9. The summed E-state index contributed by atoms with van der Waals surface area (Å²) in [5.41, 5.74) is -0.899. The quantitative estimate of drug-likeness (QED) is 0.459. The molecular formula is C7HLi3O7. The predicted octanol–water partition coefficient (Wildman–Crippen LogP) is -12.6. The van der Waals surface area contributed by atoms with Crippen LogP contribution < -0.4 is 71.9 Å². The molecule has 0 saturated heterocycles. The van der Waals surface area contributed by atoms with E-state index in [-0.39, 0.29) is 56.6 Å². The van der Waals surface area contributed by atoms with E-state index in [1.54, 1.807) is 0 Å². The molecule has 0 N–H and O–H groups in total. The number of hydrogen-bond donors (Lipinski definition) is 0. The van der Waals surface area contributed by atoms with Crippen LogP contribution in [-0.4, -0.2) is 17.9 Å². The molecule has 0 radical (unpaired) electrons. The molecule has 1 aromatic rings. The van der Waals surface area contributed by atoms with Gasteiger partial charge in [0.2, 0.25) is 0 Å². The van der Waals surface area contributed by atoms with Crippen LogP contribution in [0.2, 0.25) is 0 Å². The summed E-state index contributed by atoms with van der Waals surface area (Å²) in [5, 5.41) is 30.7. The topological polar surface area (TPSA) is 134 Å². The molecule has 1 rings (SSSR count). The minimum absolute atomic E-state index is 0. The van der Waals surface area contributed by atoms with Crippen LogP contribution in [0.15, 0.2) is 10.5 Å². The van der Waals surface area contributed by atoms with E-state index in [2.05, 4.69) is 4.42 Å². The van der Waals surface area contributed by atoms with E-state index in [1.165, 1.54) is 0 Å². The number of carboxylic acid groups (broad SMARTS) is 3. The molecule has 0 unspecified atom stereocenters. The Labute approximate surface area is 131 Å². The SMILES string of the molecule is O=C([O-])c1cc(C(=O)[O-])c(C(=O)[O-])o1.[Li+].[Li+].[Li+]. The number of furan rings is 1. The summed E-state index contributed by atoms with van der Waals surface area (Å²) in [6.45, 7) is 0. The van der Waals surface area contributed by atoms with Crippen molar-refractivity contribution in [3.8, 4) is 0 Å². The van der Waals surface area contributed by atoms with E-state index in [4.69, 9.17) is 0 Å². The second kappa shape index (κ2) is 8.56. The van der Waals surface area contributed by atoms with Crippen LogP contribution in [0, 0.1) is 0 Å². The van der Waals surface area contributed by atoms with E-state index in [0.717, 1.165) is 0 Å². The van der Waals surface area contributed by atoms with Gasteiger partial charge in [-0.15, -0.1) is 0 Å². The largest absolute Gasteiger partial charge is 1.00 e. The van der Waals surface area contributed by atoms with Crippen molar-refractivity contribution in [3.05, 3.63) is 23.2 Å². The zero-order valence-corrected chi connectivity index (χ0v) is 9.44. The Bertz CT molecular complexity index is 394. The van der Waals surface area contributed by atoms with Crippen molar-refractivity contribution in [1.82, 2.24) is 0 Å². The number of carboxylic acids is 3. The average molecular weight is 218 g/mol. The number of hydrogen-bond acceptors (Lipinski definition) is 7. The maximum atomic E-state index is 10.3. The molecule has 0 aromatic carbocycles. The molecule has 0 amide bonds. The first-order valence-corrected chi connectivity index (χ1v) is 3.21. The standard InChI is InChI=1S/C7H4O7.3Li/c8-5(9)2-1-3(6(10)11)14-4(2)7(12)13;;;/h1H,(H,8,9)(H,10,11)(H,12,13);;;/q;3*+1/p-3. The van der Waals surface area contributed by atoms with Crippen molar-refractivity contribution >= 4 is 17.9 Å². The Morgan fingerprint density at radius 2 is 1.35 bits per heavy atom. The molecule has 74 valence electrons. The zero-order chi connectivity index (χ0) is 10.9. The van der Waals surface area contributed by atoms with Crippen molar-refractivity contribution < 1.29 is 90.7 Å². The smallest absolute Gasteiger partial charge is 0.545 e. The Hall–Kier alpha value is -0.518.